The van der Waals surface area contributed by atoms with Crippen molar-refractivity contribution in [3.8, 4) is 0 Å². The number of amides is 2. The van der Waals surface area contributed by atoms with Gasteiger partial charge in [-0.1, -0.05) is 44.7 Å². The van der Waals surface area contributed by atoms with Gasteiger partial charge >= 0.3 is 18.0 Å². The Balaban J connectivity index is 2.67. The Bertz CT molecular complexity index is 606. The van der Waals surface area contributed by atoms with Gasteiger partial charge in [0.1, 0.15) is 0 Å². The molecular weight excluding hydrogens is 357 g/mol. The molecule has 0 fully saturated rings. The van der Waals surface area contributed by atoms with Gasteiger partial charge < -0.3 is 10.6 Å². The number of rotatable bonds is 7. The van der Waals surface area contributed by atoms with Crippen LogP contribution >= 0.6 is 11.6 Å². The predicted octanol–water partition coefficient (Wildman–Crippen LogP) is 4.63. The average molecular weight is 379 g/mol. The van der Waals surface area contributed by atoms with Crippen LogP contribution in [0.2, 0.25) is 5.02 Å². The molecule has 0 spiro atoms. The third-order valence-electron chi connectivity index (χ3n) is 3.84. The molecule has 0 aliphatic rings. The van der Waals surface area contributed by atoms with E-state index in [9.17, 15) is 22.8 Å². The van der Waals surface area contributed by atoms with E-state index in [4.69, 9.17) is 11.6 Å². The van der Waals surface area contributed by atoms with Crippen LogP contribution in [0.1, 0.15) is 45.1 Å². The Kier molecular flexibility index (Phi) is 8.22. The maximum atomic E-state index is 12.7. The van der Waals surface area contributed by atoms with Gasteiger partial charge in [0.2, 0.25) is 0 Å². The predicted molar refractivity (Wildman–Crippen MR) is 91.4 cm³/mol. The topological polar surface area (TPSA) is 58.2 Å². The third-order valence-corrected chi connectivity index (χ3v) is 4.17. The first-order valence-corrected chi connectivity index (χ1v) is 8.52. The molecule has 25 heavy (non-hydrogen) atoms. The maximum Gasteiger partial charge on any atom is 0.416 e. The molecule has 0 saturated carbocycles. The van der Waals surface area contributed by atoms with Gasteiger partial charge in [-0.15, -0.1) is 0 Å². The van der Waals surface area contributed by atoms with Crippen LogP contribution in [0.25, 0.3) is 0 Å². The number of unbranched alkanes of at least 4 members (excludes halogenated alkanes) is 1. The highest BCUT2D eigenvalue weighted by Gasteiger charge is 2.31. The van der Waals surface area contributed by atoms with Crippen molar-refractivity contribution in [1.29, 1.82) is 0 Å². The molecule has 1 rings (SSSR count). The van der Waals surface area contributed by atoms with Gasteiger partial charge in [-0.2, -0.15) is 13.2 Å². The third kappa shape index (κ3) is 6.94. The molecule has 1 aromatic carbocycles. The van der Waals surface area contributed by atoms with E-state index in [0.717, 1.165) is 37.8 Å². The Morgan fingerprint density at radius 3 is 2.44 bits per heavy atom. The van der Waals surface area contributed by atoms with Crippen molar-refractivity contribution in [3.05, 3.63) is 28.8 Å². The number of nitrogens with one attached hydrogen (secondary N) is 2. The van der Waals surface area contributed by atoms with E-state index in [1.54, 1.807) is 0 Å². The molecule has 0 aliphatic heterocycles. The molecule has 140 valence electrons. The summed E-state index contributed by atoms with van der Waals surface area (Å²) in [6, 6.07) is 2.52. The van der Waals surface area contributed by atoms with Crippen molar-refractivity contribution in [2.24, 2.45) is 5.92 Å². The minimum Gasteiger partial charge on any atom is -0.348 e. The molecule has 0 saturated heterocycles. The zero-order valence-electron chi connectivity index (χ0n) is 14.2. The van der Waals surface area contributed by atoms with E-state index in [1.807, 2.05) is 6.92 Å². The Morgan fingerprint density at radius 1 is 1.20 bits per heavy atom. The molecule has 8 heteroatoms. The lowest BCUT2D eigenvalue weighted by atomic mass is 9.99. The lowest BCUT2D eigenvalue weighted by molar-refractivity contribution is -0.137. The number of anilines is 1. The second kappa shape index (κ2) is 9.65. The van der Waals surface area contributed by atoms with E-state index < -0.39 is 23.6 Å². The molecule has 0 aromatic heterocycles. The minimum absolute atomic E-state index is 0.0801. The van der Waals surface area contributed by atoms with E-state index in [1.165, 1.54) is 0 Å². The van der Waals surface area contributed by atoms with Crippen LogP contribution in [0, 0.1) is 5.92 Å². The standard InChI is InChI=1S/C17H22ClF3N2O2/c1-3-5-6-11(4-2)10-22-15(24)16(25)23-14-9-12(17(19,20)21)7-8-13(14)18/h7-9,11H,3-6,10H2,1-2H3,(H,22,24)(H,23,25). The summed E-state index contributed by atoms with van der Waals surface area (Å²) < 4.78 is 38.1. The number of carbonyl (C=O) groups is 2. The summed E-state index contributed by atoms with van der Waals surface area (Å²) in [4.78, 5) is 23.7. The molecule has 2 amide bonds. The smallest absolute Gasteiger partial charge is 0.348 e. The van der Waals surface area contributed by atoms with Gasteiger partial charge in [-0.3, -0.25) is 9.59 Å². The molecular formula is C17H22ClF3N2O2. The highest BCUT2D eigenvalue weighted by molar-refractivity contribution is 6.41. The van der Waals surface area contributed by atoms with Crippen LogP contribution in [-0.4, -0.2) is 18.4 Å². The summed E-state index contributed by atoms with van der Waals surface area (Å²) in [7, 11) is 0. The fraction of sp³-hybridized carbons (Fsp3) is 0.529. The molecule has 4 nitrogen and oxygen atoms in total. The van der Waals surface area contributed by atoms with Gasteiger partial charge in [0.05, 0.1) is 16.3 Å². The largest absolute Gasteiger partial charge is 0.416 e. The van der Waals surface area contributed by atoms with Crippen molar-refractivity contribution in [2.75, 3.05) is 11.9 Å². The number of hydrogen-bond donors (Lipinski definition) is 2. The SMILES string of the molecule is CCCCC(CC)CNC(=O)C(=O)Nc1cc(C(F)(F)F)ccc1Cl. The Labute approximate surface area is 150 Å². The Hall–Kier alpha value is -1.76. The summed E-state index contributed by atoms with van der Waals surface area (Å²) in [5.41, 5.74) is -1.21. The first kappa shape index (κ1) is 21.3. The molecule has 1 unspecified atom stereocenters. The van der Waals surface area contributed by atoms with E-state index in [0.29, 0.717) is 12.6 Å². The van der Waals surface area contributed by atoms with Crippen molar-refractivity contribution < 1.29 is 22.8 Å². The van der Waals surface area contributed by atoms with Crippen molar-refractivity contribution in [2.45, 2.75) is 45.7 Å². The number of benzene rings is 1. The molecule has 2 N–H and O–H groups in total. The van der Waals surface area contributed by atoms with Gasteiger partial charge in [-0.25, -0.2) is 0 Å². The first-order chi connectivity index (χ1) is 11.7. The Morgan fingerprint density at radius 2 is 1.88 bits per heavy atom. The second-order valence-electron chi connectivity index (χ2n) is 5.77. The van der Waals surface area contributed by atoms with Gasteiger partial charge in [0.25, 0.3) is 0 Å². The summed E-state index contributed by atoms with van der Waals surface area (Å²) >= 11 is 5.79. The number of halogens is 4. The molecule has 0 radical (unpaired) electrons. The van der Waals surface area contributed by atoms with Crippen molar-refractivity contribution in [3.63, 3.8) is 0 Å². The van der Waals surface area contributed by atoms with E-state index in [-0.39, 0.29) is 16.6 Å². The number of alkyl halides is 3. The quantitative estimate of drug-likeness (QED) is 0.679. The zero-order chi connectivity index (χ0) is 19.0. The molecule has 0 heterocycles. The maximum absolute atomic E-state index is 12.7. The molecule has 0 bridgehead atoms. The average Bonchev–Trinajstić information content (AvgIpc) is 2.55. The highest BCUT2D eigenvalue weighted by Crippen LogP contribution is 2.33. The second-order valence-corrected chi connectivity index (χ2v) is 6.18. The zero-order valence-corrected chi connectivity index (χ0v) is 14.9. The van der Waals surface area contributed by atoms with E-state index in [2.05, 4.69) is 17.6 Å². The fourth-order valence-corrected chi connectivity index (χ4v) is 2.40. The van der Waals surface area contributed by atoms with Crippen LogP contribution in [0.4, 0.5) is 18.9 Å². The van der Waals surface area contributed by atoms with Crippen LogP contribution in [-0.2, 0) is 15.8 Å². The lowest BCUT2D eigenvalue weighted by Gasteiger charge is -2.15. The van der Waals surface area contributed by atoms with Crippen LogP contribution in [0.15, 0.2) is 18.2 Å². The molecule has 1 aromatic rings. The summed E-state index contributed by atoms with van der Waals surface area (Å²) in [6.45, 7) is 4.41. The summed E-state index contributed by atoms with van der Waals surface area (Å²) in [6.07, 6.45) is -0.699. The normalized spacial score (nSPS) is 12.6. The first-order valence-electron chi connectivity index (χ1n) is 8.14. The van der Waals surface area contributed by atoms with Gasteiger partial charge in [0.15, 0.2) is 0 Å². The monoisotopic (exact) mass is 378 g/mol. The minimum atomic E-state index is -4.57. The van der Waals surface area contributed by atoms with E-state index >= 15 is 0 Å². The lowest BCUT2D eigenvalue weighted by Crippen LogP contribution is -2.38. The number of hydrogen-bond acceptors (Lipinski definition) is 2. The van der Waals surface area contributed by atoms with Crippen molar-refractivity contribution in [1.82, 2.24) is 5.32 Å². The van der Waals surface area contributed by atoms with Crippen LogP contribution in [0.5, 0.6) is 0 Å². The highest BCUT2D eigenvalue weighted by atomic mass is 35.5. The number of carbonyl (C=O) groups excluding carboxylic acids is 2. The van der Waals surface area contributed by atoms with Crippen LogP contribution < -0.4 is 10.6 Å². The summed E-state index contributed by atoms with van der Waals surface area (Å²) in [5.74, 6) is -1.69. The summed E-state index contributed by atoms with van der Waals surface area (Å²) in [5, 5.41) is 4.56. The molecule has 1 atom stereocenters. The molecule has 0 aliphatic carbocycles. The van der Waals surface area contributed by atoms with Crippen molar-refractivity contribution >= 4 is 29.1 Å². The van der Waals surface area contributed by atoms with Gasteiger partial charge in [-0.05, 0) is 30.5 Å². The fourth-order valence-electron chi connectivity index (χ4n) is 2.24. The van der Waals surface area contributed by atoms with Crippen LogP contribution in [0.3, 0.4) is 0 Å². The van der Waals surface area contributed by atoms with Gasteiger partial charge in [0, 0.05) is 6.54 Å².